The summed E-state index contributed by atoms with van der Waals surface area (Å²) in [7, 11) is -4.13. The van der Waals surface area contributed by atoms with Crippen LogP contribution in [0.25, 0.3) is 5.65 Å². The summed E-state index contributed by atoms with van der Waals surface area (Å²) in [6, 6.07) is 0. The first kappa shape index (κ1) is 14.1. The monoisotopic (exact) mass is 286 g/mol. The van der Waals surface area contributed by atoms with Gasteiger partial charge < -0.3 is 14.5 Å². The summed E-state index contributed by atoms with van der Waals surface area (Å²) in [6.07, 6.45) is 2.67. The van der Waals surface area contributed by atoms with E-state index in [9.17, 15) is 4.57 Å². The molecule has 0 saturated heterocycles. The van der Waals surface area contributed by atoms with Crippen LogP contribution in [-0.2, 0) is 15.7 Å². The predicted molar refractivity (Wildman–Crippen MR) is 66.7 cm³/mol. The minimum Gasteiger partial charge on any atom is -0.366 e. The molecule has 2 aromatic heterocycles. The maximum Gasteiger partial charge on any atom is 0.350 e. The number of hydrogen-bond acceptors (Lipinski definition) is 5. The second kappa shape index (κ2) is 5.34. The maximum absolute atomic E-state index is 10.7. The number of nitrogens with zero attached hydrogens (tertiary/aromatic N) is 4. The van der Waals surface area contributed by atoms with Crippen molar-refractivity contribution in [3.63, 3.8) is 0 Å². The van der Waals surface area contributed by atoms with E-state index in [-0.39, 0.29) is 6.10 Å². The topological polar surface area (TPSA) is 110 Å². The molecule has 0 bridgehead atoms. The fourth-order valence-corrected chi connectivity index (χ4v) is 2.16. The van der Waals surface area contributed by atoms with Crippen molar-refractivity contribution in [2.24, 2.45) is 0 Å². The molecule has 19 heavy (non-hydrogen) atoms. The Morgan fingerprint density at radius 2 is 2.21 bits per heavy atom. The Bertz CT molecular complexity index is 623. The van der Waals surface area contributed by atoms with E-state index >= 15 is 0 Å². The fourth-order valence-electron chi connectivity index (χ4n) is 1.71. The second-order valence-corrected chi connectivity index (χ2v) is 5.89. The zero-order valence-electron chi connectivity index (χ0n) is 10.6. The van der Waals surface area contributed by atoms with Crippen LogP contribution in [0.2, 0.25) is 0 Å². The molecule has 0 aliphatic carbocycles. The maximum atomic E-state index is 10.7. The van der Waals surface area contributed by atoms with Crippen LogP contribution < -0.4 is 0 Å². The molecule has 2 N–H and O–H groups in total. The molecule has 0 spiro atoms. The van der Waals surface area contributed by atoms with Gasteiger partial charge in [-0.05, 0) is 13.8 Å². The molecular weight excluding hydrogens is 271 g/mol. The number of fused-ring (bicyclic) bond motifs is 1. The Morgan fingerprint density at radius 1 is 1.47 bits per heavy atom. The number of rotatable bonds is 5. The number of hydrogen-bond donors (Lipinski definition) is 2. The molecule has 104 valence electrons. The van der Waals surface area contributed by atoms with Crippen LogP contribution in [0.5, 0.6) is 0 Å². The summed E-state index contributed by atoms with van der Waals surface area (Å²) in [6.45, 7) is 3.56. The van der Waals surface area contributed by atoms with Crippen LogP contribution in [-0.4, -0.2) is 41.8 Å². The van der Waals surface area contributed by atoms with Gasteiger partial charge in [0.25, 0.3) is 0 Å². The molecule has 0 fully saturated rings. The molecule has 0 amide bonds. The third kappa shape index (κ3) is 3.57. The van der Waals surface area contributed by atoms with E-state index in [1.165, 1.54) is 6.33 Å². The first-order chi connectivity index (χ1) is 8.87. The van der Waals surface area contributed by atoms with Crippen molar-refractivity contribution in [3.8, 4) is 0 Å². The molecule has 2 heterocycles. The van der Waals surface area contributed by atoms with E-state index in [0.717, 1.165) is 11.4 Å². The SMILES string of the molecule is Cc1ncnc2c(CC(C)OCP(=O)(O)O)cnn12. The molecular formula is C10H15N4O4P. The first-order valence-electron chi connectivity index (χ1n) is 5.67. The van der Waals surface area contributed by atoms with Gasteiger partial charge in [0.1, 0.15) is 18.5 Å². The first-order valence-corrected chi connectivity index (χ1v) is 7.47. The quantitative estimate of drug-likeness (QED) is 0.771. The van der Waals surface area contributed by atoms with Gasteiger partial charge in [0.2, 0.25) is 0 Å². The van der Waals surface area contributed by atoms with E-state index in [1.807, 2.05) is 6.92 Å². The molecule has 2 aromatic rings. The molecule has 0 aliphatic rings. The van der Waals surface area contributed by atoms with Gasteiger partial charge in [-0.2, -0.15) is 5.10 Å². The van der Waals surface area contributed by atoms with Gasteiger partial charge in [-0.15, -0.1) is 0 Å². The Kier molecular flexibility index (Phi) is 3.96. The molecule has 1 unspecified atom stereocenters. The van der Waals surface area contributed by atoms with Gasteiger partial charge in [0, 0.05) is 12.0 Å². The van der Waals surface area contributed by atoms with Crippen LogP contribution in [0.1, 0.15) is 18.3 Å². The summed E-state index contributed by atoms with van der Waals surface area (Å²) in [5.41, 5.74) is 1.53. The summed E-state index contributed by atoms with van der Waals surface area (Å²) in [5.74, 6) is 0.722. The minimum atomic E-state index is -4.13. The Hall–Kier alpha value is -1.34. The van der Waals surface area contributed by atoms with E-state index in [2.05, 4.69) is 15.1 Å². The van der Waals surface area contributed by atoms with E-state index in [4.69, 9.17) is 14.5 Å². The van der Waals surface area contributed by atoms with Crippen LogP contribution >= 0.6 is 7.60 Å². The van der Waals surface area contributed by atoms with Crippen LogP contribution in [0, 0.1) is 6.92 Å². The standard InChI is InChI=1S/C10H15N4O4P/c1-7(18-6-19(15,16)17)3-9-4-13-14-8(2)11-5-12-10(9)14/h4-5,7H,3,6H2,1-2H3,(H2,15,16,17). The fraction of sp³-hybridized carbons (Fsp3) is 0.500. The van der Waals surface area contributed by atoms with Crippen molar-refractivity contribution in [1.82, 2.24) is 19.6 Å². The third-order valence-electron chi connectivity index (χ3n) is 2.58. The summed E-state index contributed by atoms with van der Waals surface area (Å²) in [5, 5.41) is 4.16. The normalized spacial score (nSPS) is 13.9. The summed E-state index contributed by atoms with van der Waals surface area (Å²) in [4.78, 5) is 25.7. The molecule has 0 radical (unpaired) electrons. The van der Waals surface area contributed by atoms with Crippen molar-refractivity contribution in [2.45, 2.75) is 26.4 Å². The zero-order valence-corrected chi connectivity index (χ0v) is 11.5. The lowest BCUT2D eigenvalue weighted by atomic mass is 10.2. The van der Waals surface area contributed by atoms with Crippen LogP contribution in [0.4, 0.5) is 0 Å². The lowest BCUT2D eigenvalue weighted by molar-refractivity contribution is 0.0889. The van der Waals surface area contributed by atoms with Gasteiger partial charge in [0.15, 0.2) is 5.65 Å². The van der Waals surface area contributed by atoms with Gasteiger partial charge >= 0.3 is 7.60 Å². The van der Waals surface area contributed by atoms with E-state index in [1.54, 1.807) is 17.6 Å². The lowest BCUT2D eigenvalue weighted by Gasteiger charge is -2.12. The number of ether oxygens (including phenoxy) is 1. The highest BCUT2D eigenvalue weighted by atomic mass is 31.2. The highest BCUT2D eigenvalue weighted by Gasteiger charge is 2.17. The highest BCUT2D eigenvalue weighted by Crippen LogP contribution is 2.34. The Morgan fingerprint density at radius 3 is 2.89 bits per heavy atom. The average molecular weight is 286 g/mol. The lowest BCUT2D eigenvalue weighted by Crippen LogP contribution is -2.13. The molecule has 0 aliphatic heterocycles. The predicted octanol–water partition coefficient (Wildman–Crippen LogP) is 0.516. The van der Waals surface area contributed by atoms with Crippen molar-refractivity contribution in [1.29, 1.82) is 0 Å². The summed E-state index contributed by atoms with van der Waals surface area (Å²) >= 11 is 0. The van der Waals surface area contributed by atoms with Gasteiger partial charge in [0.05, 0.1) is 12.3 Å². The zero-order chi connectivity index (χ0) is 14.0. The largest absolute Gasteiger partial charge is 0.366 e. The highest BCUT2D eigenvalue weighted by molar-refractivity contribution is 7.51. The van der Waals surface area contributed by atoms with Crippen molar-refractivity contribution >= 4 is 13.2 Å². The van der Waals surface area contributed by atoms with Crippen molar-refractivity contribution < 1.29 is 19.1 Å². The Labute approximate surface area is 109 Å². The molecule has 0 saturated carbocycles. The second-order valence-electron chi connectivity index (χ2n) is 4.30. The van der Waals surface area contributed by atoms with Crippen LogP contribution in [0.15, 0.2) is 12.5 Å². The third-order valence-corrected chi connectivity index (χ3v) is 3.07. The number of aromatic nitrogens is 4. The van der Waals surface area contributed by atoms with E-state index in [0.29, 0.717) is 12.1 Å². The molecule has 2 rings (SSSR count). The van der Waals surface area contributed by atoms with Crippen LogP contribution in [0.3, 0.4) is 0 Å². The minimum absolute atomic E-state index is 0.337. The molecule has 1 atom stereocenters. The van der Waals surface area contributed by atoms with Crippen molar-refractivity contribution in [2.75, 3.05) is 6.35 Å². The summed E-state index contributed by atoms with van der Waals surface area (Å²) < 4.78 is 17.5. The Balaban J connectivity index is 2.09. The van der Waals surface area contributed by atoms with Gasteiger partial charge in [-0.3, -0.25) is 4.57 Å². The number of aryl methyl sites for hydroxylation is 1. The molecule has 9 heteroatoms. The van der Waals surface area contributed by atoms with Gasteiger partial charge in [-0.1, -0.05) is 0 Å². The molecule has 0 aromatic carbocycles. The molecule has 8 nitrogen and oxygen atoms in total. The van der Waals surface area contributed by atoms with E-state index < -0.39 is 13.9 Å². The van der Waals surface area contributed by atoms with Gasteiger partial charge in [-0.25, -0.2) is 14.5 Å². The van der Waals surface area contributed by atoms with Crippen molar-refractivity contribution in [3.05, 3.63) is 23.9 Å². The average Bonchev–Trinajstić information content (AvgIpc) is 2.71. The smallest absolute Gasteiger partial charge is 0.350 e.